The smallest absolute Gasteiger partial charge is 0.120 e. The van der Waals surface area contributed by atoms with Gasteiger partial charge >= 0.3 is 0 Å². The van der Waals surface area contributed by atoms with E-state index in [1.165, 1.54) is 38.8 Å². The molecule has 1 aromatic rings. The van der Waals surface area contributed by atoms with Gasteiger partial charge in [-0.15, -0.1) is 0 Å². The van der Waals surface area contributed by atoms with Crippen LogP contribution in [0.25, 0.3) is 0 Å². The molecule has 0 radical (unpaired) electrons. The normalized spacial score (nSPS) is 21.3. The number of hydrogen-bond donors (Lipinski definition) is 2. The summed E-state index contributed by atoms with van der Waals surface area (Å²) in [7, 11) is 0. The Kier molecular flexibility index (Phi) is 6.52. The third kappa shape index (κ3) is 4.72. The molecule has 0 saturated carbocycles. The Labute approximate surface area is 129 Å². The standard InChI is InChI=1S/C18H30N2O/c1-3-17(16-10-4-5-11-18(16)21)19-12-8-14-20-13-7-6-9-15(20)2/h4-5,10-11,15,17,19,21H,3,6-9,12-14H2,1-2H3. The maximum atomic E-state index is 9.96. The van der Waals surface area contributed by atoms with Crippen molar-refractivity contribution in [2.45, 2.75) is 58.0 Å². The number of nitrogens with one attached hydrogen (secondary N) is 1. The highest BCUT2D eigenvalue weighted by Crippen LogP contribution is 2.25. The Bertz CT molecular complexity index is 421. The monoisotopic (exact) mass is 290 g/mol. The molecule has 1 aromatic carbocycles. The summed E-state index contributed by atoms with van der Waals surface area (Å²) >= 11 is 0. The summed E-state index contributed by atoms with van der Waals surface area (Å²) in [6.07, 6.45) is 6.27. The molecule has 0 bridgehead atoms. The fraction of sp³-hybridized carbons (Fsp3) is 0.667. The van der Waals surface area contributed by atoms with E-state index < -0.39 is 0 Å². The zero-order valence-electron chi connectivity index (χ0n) is 13.5. The largest absolute Gasteiger partial charge is 0.508 e. The van der Waals surface area contributed by atoms with E-state index in [2.05, 4.69) is 24.1 Å². The average Bonchev–Trinajstić information content (AvgIpc) is 2.50. The lowest BCUT2D eigenvalue weighted by atomic mass is 10.0. The molecule has 0 aromatic heterocycles. The minimum Gasteiger partial charge on any atom is -0.508 e. The van der Waals surface area contributed by atoms with Gasteiger partial charge < -0.3 is 15.3 Å². The number of benzene rings is 1. The van der Waals surface area contributed by atoms with E-state index in [0.717, 1.165) is 24.6 Å². The van der Waals surface area contributed by atoms with Crippen LogP contribution in [0.15, 0.2) is 24.3 Å². The molecule has 2 atom stereocenters. The van der Waals surface area contributed by atoms with Crippen molar-refractivity contribution in [1.82, 2.24) is 10.2 Å². The number of piperidine rings is 1. The van der Waals surface area contributed by atoms with Crippen molar-refractivity contribution in [2.24, 2.45) is 0 Å². The van der Waals surface area contributed by atoms with Crippen LogP contribution in [0, 0.1) is 0 Å². The second-order valence-corrected chi connectivity index (χ2v) is 6.21. The SMILES string of the molecule is CCC(NCCCN1CCCCC1C)c1ccccc1O. The number of rotatable bonds is 7. The van der Waals surface area contributed by atoms with E-state index in [4.69, 9.17) is 0 Å². The van der Waals surface area contributed by atoms with E-state index in [1.807, 2.05) is 18.2 Å². The summed E-state index contributed by atoms with van der Waals surface area (Å²) in [4.78, 5) is 2.62. The van der Waals surface area contributed by atoms with Gasteiger partial charge in [0, 0.05) is 17.6 Å². The molecule has 1 aliphatic rings. The van der Waals surface area contributed by atoms with Gasteiger partial charge in [-0.05, 0) is 58.3 Å². The number of phenols is 1. The molecule has 2 unspecified atom stereocenters. The molecule has 21 heavy (non-hydrogen) atoms. The van der Waals surface area contributed by atoms with Crippen molar-refractivity contribution < 1.29 is 5.11 Å². The van der Waals surface area contributed by atoms with Gasteiger partial charge in [-0.25, -0.2) is 0 Å². The first-order valence-electron chi connectivity index (χ1n) is 8.47. The van der Waals surface area contributed by atoms with Gasteiger partial charge in [0.1, 0.15) is 5.75 Å². The molecule has 3 nitrogen and oxygen atoms in total. The molecule has 118 valence electrons. The van der Waals surface area contributed by atoms with Crippen LogP contribution in [-0.4, -0.2) is 35.7 Å². The molecule has 0 amide bonds. The van der Waals surface area contributed by atoms with Crippen molar-refractivity contribution in [2.75, 3.05) is 19.6 Å². The molecular weight excluding hydrogens is 260 g/mol. The third-order valence-corrected chi connectivity index (χ3v) is 4.67. The molecule has 2 N–H and O–H groups in total. The molecule has 2 rings (SSSR count). The minimum absolute atomic E-state index is 0.255. The van der Waals surface area contributed by atoms with Crippen LogP contribution in [0.3, 0.4) is 0 Å². The number of hydrogen-bond acceptors (Lipinski definition) is 3. The predicted molar refractivity (Wildman–Crippen MR) is 88.6 cm³/mol. The quantitative estimate of drug-likeness (QED) is 0.752. The van der Waals surface area contributed by atoms with Crippen LogP contribution in [0.4, 0.5) is 0 Å². The maximum Gasteiger partial charge on any atom is 0.120 e. The molecule has 1 aliphatic heterocycles. The van der Waals surface area contributed by atoms with Gasteiger partial charge in [0.2, 0.25) is 0 Å². The van der Waals surface area contributed by atoms with Crippen molar-refractivity contribution in [1.29, 1.82) is 0 Å². The topological polar surface area (TPSA) is 35.5 Å². The zero-order valence-corrected chi connectivity index (χ0v) is 13.5. The zero-order chi connectivity index (χ0) is 15.1. The predicted octanol–water partition coefficient (Wildman–Crippen LogP) is 3.70. The van der Waals surface area contributed by atoms with Gasteiger partial charge in [-0.1, -0.05) is 31.5 Å². The molecular formula is C18H30N2O. The lowest BCUT2D eigenvalue weighted by molar-refractivity contribution is 0.158. The molecule has 0 aliphatic carbocycles. The Morgan fingerprint density at radius 3 is 2.86 bits per heavy atom. The molecule has 3 heteroatoms. The van der Waals surface area contributed by atoms with Crippen molar-refractivity contribution in [3.63, 3.8) is 0 Å². The lowest BCUT2D eigenvalue weighted by Crippen LogP contribution is -2.39. The summed E-state index contributed by atoms with van der Waals surface area (Å²) < 4.78 is 0. The number of likely N-dealkylation sites (tertiary alicyclic amines) is 1. The summed E-state index contributed by atoms with van der Waals surface area (Å²) in [5, 5.41) is 13.6. The fourth-order valence-electron chi connectivity index (χ4n) is 3.30. The summed E-state index contributed by atoms with van der Waals surface area (Å²) in [5.74, 6) is 0.404. The summed E-state index contributed by atoms with van der Waals surface area (Å²) in [6.45, 7) is 7.97. The number of para-hydroxylation sites is 1. The van der Waals surface area contributed by atoms with Crippen molar-refractivity contribution in [3.05, 3.63) is 29.8 Å². The van der Waals surface area contributed by atoms with Gasteiger partial charge in [-0.3, -0.25) is 0 Å². The minimum atomic E-state index is 0.255. The maximum absolute atomic E-state index is 9.96. The van der Waals surface area contributed by atoms with E-state index in [0.29, 0.717) is 5.75 Å². The van der Waals surface area contributed by atoms with Crippen LogP contribution < -0.4 is 5.32 Å². The molecule has 0 spiro atoms. The fourth-order valence-corrected chi connectivity index (χ4v) is 3.30. The highest BCUT2D eigenvalue weighted by atomic mass is 16.3. The number of phenolic OH excluding ortho intramolecular Hbond substituents is 1. The van der Waals surface area contributed by atoms with Gasteiger partial charge in [-0.2, -0.15) is 0 Å². The van der Waals surface area contributed by atoms with Crippen LogP contribution in [-0.2, 0) is 0 Å². The second kappa shape index (κ2) is 8.40. The van der Waals surface area contributed by atoms with Crippen LogP contribution in [0.2, 0.25) is 0 Å². The van der Waals surface area contributed by atoms with E-state index in [9.17, 15) is 5.11 Å². The lowest BCUT2D eigenvalue weighted by Gasteiger charge is -2.33. The van der Waals surface area contributed by atoms with E-state index in [-0.39, 0.29) is 6.04 Å². The highest BCUT2D eigenvalue weighted by Gasteiger charge is 2.17. The Hall–Kier alpha value is -1.06. The molecule has 1 saturated heterocycles. The Morgan fingerprint density at radius 2 is 2.14 bits per heavy atom. The first-order valence-corrected chi connectivity index (χ1v) is 8.47. The van der Waals surface area contributed by atoms with Gasteiger partial charge in [0.05, 0.1) is 0 Å². The Balaban J connectivity index is 1.75. The van der Waals surface area contributed by atoms with Crippen LogP contribution >= 0.6 is 0 Å². The first-order chi connectivity index (χ1) is 10.2. The number of aromatic hydroxyl groups is 1. The molecule has 1 fully saturated rings. The van der Waals surface area contributed by atoms with Crippen LogP contribution in [0.1, 0.15) is 57.6 Å². The van der Waals surface area contributed by atoms with E-state index in [1.54, 1.807) is 6.07 Å². The van der Waals surface area contributed by atoms with Gasteiger partial charge in [0.25, 0.3) is 0 Å². The second-order valence-electron chi connectivity index (χ2n) is 6.21. The molecule has 1 heterocycles. The third-order valence-electron chi connectivity index (χ3n) is 4.67. The summed E-state index contributed by atoms with van der Waals surface area (Å²) in [5.41, 5.74) is 1.02. The van der Waals surface area contributed by atoms with Crippen molar-refractivity contribution in [3.8, 4) is 5.75 Å². The number of nitrogens with zero attached hydrogens (tertiary/aromatic N) is 1. The highest BCUT2D eigenvalue weighted by molar-refractivity contribution is 5.34. The average molecular weight is 290 g/mol. The van der Waals surface area contributed by atoms with Crippen molar-refractivity contribution >= 4 is 0 Å². The van der Waals surface area contributed by atoms with Gasteiger partial charge in [0.15, 0.2) is 0 Å². The van der Waals surface area contributed by atoms with Crippen LogP contribution in [0.5, 0.6) is 5.75 Å². The Morgan fingerprint density at radius 1 is 1.33 bits per heavy atom. The van der Waals surface area contributed by atoms with E-state index >= 15 is 0 Å². The summed E-state index contributed by atoms with van der Waals surface area (Å²) in [6, 6.07) is 8.67. The first kappa shape index (κ1) is 16.3.